The molecule has 2 heterocycles. The third-order valence-corrected chi connectivity index (χ3v) is 12.8. The molecule has 0 atom stereocenters. The number of aliphatic carboxylic acids is 5. The zero-order valence-electron chi connectivity index (χ0n) is 42.4. The van der Waals surface area contributed by atoms with Crippen molar-refractivity contribution in [1.29, 1.82) is 0 Å². The fourth-order valence-corrected chi connectivity index (χ4v) is 8.09. The number of amides is 3. The number of anilines is 1. The molecule has 0 radical (unpaired) electrons. The number of thiophene rings is 1. The Hall–Kier alpha value is -5.11. The monoisotopic (exact) mass is 1310 g/mol. The van der Waals surface area contributed by atoms with E-state index in [-0.39, 0.29) is 37.0 Å². The van der Waals surface area contributed by atoms with Crippen LogP contribution in [-0.2, 0) is 48.8 Å². The lowest BCUT2D eigenvalue weighted by Crippen LogP contribution is -2.40. The fraction of sp³-hybridized carbons (Fsp3) is 0.500. The van der Waals surface area contributed by atoms with Crippen LogP contribution in [0.3, 0.4) is 0 Å². The maximum absolute atomic E-state index is 11.5. The van der Waals surface area contributed by atoms with Crippen LogP contribution in [0.5, 0.6) is 0 Å². The zero-order chi connectivity index (χ0) is 57.4. The summed E-state index contributed by atoms with van der Waals surface area (Å²) in [5.41, 5.74) is -1.31. The molecule has 3 aromatic rings. The third kappa shape index (κ3) is 37.3. The van der Waals surface area contributed by atoms with Crippen molar-refractivity contribution in [2.75, 3.05) is 9.74 Å². The van der Waals surface area contributed by atoms with E-state index in [9.17, 15) is 58.2 Å². The minimum Gasteiger partial charge on any atom is -0.481 e. The number of ketones is 1. The van der Waals surface area contributed by atoms with Crippen LogP contribution in [0, 0.1) is 11.8 Å². The number of rotatable bonds is 27. The van der Waals surface area contributed by atoms with Gasteiger partial charge in [-0.05, 0) is 78.9 Å². The molecule has 3 amide bonds. The molecule has 418 valence electrons. The van der Waals surface area contributed by atoms with Gasteiger partial charge in [-0.1, -0.05) is 157 Å². The molecule has 1 aromatic heterocycles. The van der Waals surface area contributed by atoms with Gasteiger partial charge in [-0.3, -0.25) is 38.9 Å². The number of imide groups is 1. The first-order chi connectivity index (χ1) is 35.3. The van der Waals surface area contributed by atoms with E-state index in [4.69, 9.17) is 25.5 Å². The van der Waals surface area contributed by atoms with Crippen molar-refractivity contribution in [3.8, 4) is 0 Å². The van der Waals surface area contributed by atoms with Crippen molar-refractivity contribution in [3.05, 3.63) is 85.6 Å². The molecule has 23 heteroatoms. The number of halogens is 3. The number of carbonyl (C=O) groups excluding carboxylic acids is 4. The molecule has 0 spiro atoms. The van der Waals surface area contributed by atoms with Crippen molar-refractivity contribution in [2.45, 2.75) is 148 Å². The number of carboxylic acids is 6. The summed E-state index contributed by atoms with van der Waals surface area (Å²) in [6.45, 7) is 6.11. The quantitative estimate of drug-likeness (QED) is 0.0113. The Balaban J connectivity index is 0. The van der Waals surface area contributed by atoms with E-state index in [0.29, 0.717) is 52.6 Å². The molecular formula is C52H71Br2IN2O17S. The first-order valence-electron chi connectivity index (χ1n) is 24.1. The summed E-state index contributed by atoms with van der Waals surface area (Å²) >= 11 is 9.76. The fourth-order valence-electron chi connectivity index (χ4n) is 6.36. The molecule has 19 nitrogen and oxygen atoms in total. The SMILES string of the molecule is CC(=O)CCCCC(=O)O.CC(C)CCCCCCCCCCCCC(=O)O.O=C(O)C(O)(c1ccc(Br)cc1)c1ccc(Br)cc1.O=C(O)CCI.O=C1CC(C(=O)O)CC(=O)N1.O=CNc1sccc1C(=O)O. The largest absolute Gasteiger partial charge is 0.481 e. The van der Waals surface area contributed by atoms with Gasteiger partial charge in [0, 0.05) is 45.5 Å². The number of aliphatic hydroxyl groups is 1. The maximum Gasteiger partial charge on any atom is 0.345 e. The van der Waals surface area contributed by atoms with Gasteiger partial charge in [0.05, 0.1) is 17.9 Å². The summed E-state index contributed by atoms with van der Waals surface area (Å²) in [6.07, 6.45) is 16.9. The summed E-state index contributed by atoms with van der Waals surface area (Å²) in [7, 11) is 0. The normalized spacial score (nSPS) is 11.6. The highest BCUT2D eigenvalue weighted by atomic mass is 127. The minimum absolute atomic E-state index is 0.0962. The van der Waals surface area contributed by atoms with Crippen LogP contribution in [0.2, 0.25) is 0 Å². The van der Waals surface area contributed by atoms with Gasteiger partial charge < -0.3 is 45.9 Å². The van der Waals surface area contributed by atoms with Gasteiger partial charge in [0.25, 0.3) is 0 Å². The van der Waals surface area contributed by atoms with E-state index in [2.05, 4.69) is 51.0 Å². The van der Waals surface area contributed by atoms with Crippen LogP contribution in [-0.4, -0.2) is 100.0 Å². The number of alkyl halides is 1. The number of Topliss-reactive ketones (excluding diaryl/α,β-unsaturated/α-hetero) is 1. The highest BCUT2D eigenvalue weighted by Crippen LogP contribution is 2.32. The van der Waals surface area contributed by atoms with Crippen molar-refractivity contribution < 1.29 is 83.7 Å². The van der Waals surface area contributed by atoms with Crippen LogP contribution in [0.25, 0.3) is 0 Å². The summed E-state index contributed by atoms with van der Waals surface area (Å²) in [4.78, 5) is 104. The Bertz CT molecular complexity index is 2130. The average Bonchev–Trinajstić information content (AvgIpc) is 3.80. The lowest BCUT2D eigenvalue weighted by molar-refractivity contribution is -0.155. The molecule has 1 aliphatic rings. The minimum atomic E-state index is -2.05. The highest BCUT2D eigenvalue weighted by Gasteiger charge is 2.40. The van der Waals surface area contributed by atoms with Crippen molar-refractivity contribution in [3.63, 3.8) is 0 Å². The predicted octanol–water partition coefficient (Wildman–Crippen LogP) is 11.2. The maximum atomic E-state index is 11.5. The molecule has 0 aliphatic carbocycles. The second-order valence-corrected chi connectivity index (χ2v) is 21.0. The second-order valence-electron chi connectivity index (χ2n) is 17.2. The molecule has 75 heavy (non-hydrogen) atoms. The van der Waals surface area contributed by atoms with Crippen LogP contribution in [0.15, 0.2) is 68.9 Å². The van der Waals surface area contributed by atoms with Gasteiger partial charge in [-0.25, -0.2) is 9.59 Å². The predicted molar refractivity (Wildman–Crippen MR) is 299 cm³/mol. The number of hydrogen-bond donors (Lipinski definition) is 9. The molecule has 1 fully saturated rings. The number of hydrogen-bond acceptors (Lipinski definition) is 12. The molecule has 0 bridgehead atoms. The van der Waals surface area contributed by atoms with E-state index in [0.717, 1.165) is 27.7 Å². The first-order valence-corrected chi connectivity index (χ1v) is 28.1. The van der Waals surface area contributed by atoms with E-state index < -0.39 is 59.1 Å². The molecule has 4 rings (SSSR count). The zero-order valence-corrected chi connectivity index (χ0v) is 48.5. The van der Waals surface area contributed by atoms with Crippen LogP contribution >= 0.6 is 65.8 Å². The lowest BCUT2D eigenvalue weighted by Gasteiger charge is -2.24. The van der Waals surface area contributed by atoms with Gasteiger partial charge in [-0.2, -0.15) is 0 Å². The summed E-state index contributed by atoms with van der Waals surface area (Å²) in [6, 6.07) is 14.6. The van der Waals surface area contributed by atoms with Gasteiger partial charge >= 0.3 is 35.8 Å². The summed E-state index contributed by atoms with van der Waals surface area (Å²) in [5.74, 6) is -6.45. The van der Waals surface area contributed by atoms with E-state index in [1.165, 1.54) is 82.1 Å². The number of carbonyl (C=O) groups is 10. The molecule has 1 saturated heterocycles. The van der Waals surface area contributed by atoms with E-state index in [1.807, 2.05) is 27.9 Å². The third-order valence-electron chi connectivity index (χ3n) is 10.3. The van der Waals surface area contributed by atoms with E-state index >= 15 is 0 Å². The topological polar surface area (TPSA) is 336 Å². The van der Waals surface area contributed by atoms with Crippen molar-refractivity contribution >= 4 is 131 Å². The Morgan fingerprint density at radius 1 is 0.667 bits per heavy atom. The number of piperidine rings is 1. The number of nitrogens with one attached hydrogen (secondary N) is 2. The smallest absolute Gasteiger partial charge is 0.345 e. The Morgan fingerprint density at radius 2 is 1.07 bits per heavy atom. The van der Waals surface area contributed by atoms with E-state index in [1.54, 1.807) is 53.9 Å². The van der Waals surface area contributed by atoms with Gasteiger partial charge in [0.15, 0.2) is 0 Å². The van der Waals surface area contributed by atoms with Crippen molar-refractivity contribution in [1.82, 2.24) is 5.32 Å². The Kier molecular flexibility index (Phi) is 41.3. The standard InChI is InChI=1S/C16H32O2.C14H10Br2O3.C7H12O3.C6H7NO4.C6H5NO3S.C3H5IO2/c1-15(2)13-11-9-7-5-3-4-6-8-10-12-14-16(17)18;15-11-5-1-9(2-6-11)14(19,13(17)18)10-3-7-12(16)8-4-10;1-6(8)4-2-3-5-7(9)10;8-4-1-3(6(10)11)2-5(9)7-4;8-3-7-5-4(6(9)10)1-2-11-5;4-2-1-3(5)6/h15H,3-14H2,1-2H3,(H,17,18);1-8,19H,(H,17,18);2-5H2,1H3,(H,9,10);3H,1-2H2,(H,10,11)(H,7,8,9);1-3H,(H,7,8)(H,9,10);1-2H2,(H,5,6). The molecular weight excluding hydrogens is 1240 g/mol. The molecule has 0 saturated carbocycles. The highest BCUT2D eigenvalue weighted by molar-refractivity contribution is 14.1. The van der Waals surface area contributed by atoms with Gasteiger partial charge in [-0.15, -0.1) is 11.3 Å². The lowest BCUT2D eigenvalue weighted by atomic mass is 9.86. The van der Waals surface area contributed by atoms with Crippen molar-refractivity contribution in [2.24, 2.45) is 11.8 Å². The van der Waals surface area contributed by atoms with Crippen LogP contribution in [0.1, 0.15) is 164 Å². The number of unbranched alkanes of at least 4 members (excludes halogenated alkanes) is 10. The van der Waals surface area contributed by atoms with Gasteiger partial charge in [0.2, 0.25) is 23.8 Å². The molecule has 1 aliphatic heterocycles. The van der Waals surface area contributed by atoms with Crippen LogP contribution < -0.4 is 10.6 Å². The summed E-state index contributed by atoms with van der Waals surface area (Å²) in [5, 5.41) is 67.8. The average molecular weight is 1310 g/mol. The number of carboxylic acid groups (broad SMARTS) is 6. The number of benzene rings is 2. The first kappa shape index (κ1) is 72.0. The molecule has 9 N–H and O–H groups in total. The second kappa shape index (κ2) is 43.0. The van der Waals surface area contributed by atoms with Crippen LogP contribution in [0.4, 0.5) is 5.00 Å². The Morgan fingerprint density at radius 3 is 1.40 bits per heavy atom. The molecule has 2 aromatic carbocycles. The Labute approximate surface area is 472 Å². The number of aromatic carboxylic acids is 1. The van der Waals surface area contributed by atoms with Gasteiger partial charge in [0.1, 0.15) is 10.8 Å². The molecule has 0 unspecified atom stereocenters. The summed E-state index contributed by atoms with van der Waals surface area (Å²) < 4.78 is 2.34.